The summed E-state index contributed by atoms with van der Waals surface area (Å²) in [6, 6.07) is 5.30. The van der Waals surface area contributed by atoms with Crippen LogP contribution in [0.1, 0.15) is 16.6 Å². The monoisotopic (exact) mass is 302 g/mol. The van der Waals surface area contributed by atoms with Crippen molar-refractivity contribution < 1.29 is 4.79 Å². The summed E-state index contributed by atoms with van der Waals surface area (Å²) >= 11 is 13.4. The lowest BCUT2D eigenvalue weighted by atomic mass is 10.2. The maximum absolute atomic E-state index is 12.0. The van der Waals surface area contributed by atoms with Crippen LogP contribution in [0.5, 0.6) is 0 Å². The molecule has 1 aromatic heterocycles. The molecule has 1 heterocycles. The third-order valence-corrected chi connectivity index (χ3v) is 4.42. The summed E-state index contributed by atoms with van der Waals surface area (Å²) in [5.74, 6) is -0.199. The summed E-state index contributed by atoms with van der Waals surface area (Å²) in [5, 5.41) is 4.73. The highest BCUT2D eigenvalue weighted by Gasteiger charge is 2.18. The van der Waals surface area contributed by atoms with E-state index in [2.05, 4.69) is 5.32 Å². The van der Waals surface area contributed by atoms with Crippen LogP contribution in [0.3, 0.4) is 0 Å². The molecule has 0 saturated heterocycles. The lowest BCUT2D eigenvalue weighted by Gasteiger charge is -2.09. The van der Waals surface area contributed by atoms with Crippen molar-refractivity contribution in [3.05, 3.63) is 33.1 Å². The molecule has 6 heteroatoms. The maximum Gasteiger partial charge on any atom is 0.263 e. The zero-order chi connectivity index (χ0) is 13.3. The van der Waals surface area contributed by atoms with Crippen LogP contribution in [0.15, 0.2) is 18.2 Å². The highest BCUT2D eigenvalue weighted by atomic mass is 35.5. The first kappa shape index (κ1) is 13.6. The van der Waals surface area contributed by atoms with Gasteiger partial charge in [-0.3, -0.25) is 4.79 Å². The van der Waals surface area contributed by atoms with E-state index in [1.165, 1.54) is 11.3 Å². The molecular formula is C12H12Cl2N2OS. The van der Waals surface area contributed by atoms with Crippen LogP contribution in [0.25, 0.3) is 10.1 Å². The molecule has 96 valence electrons. The molecule has 0 spiro atoms. The number of nitrogens with two attached hydrogens (primary N) is 1. The van der Waals surface area contributed by atoms with E-state index in [1.54, 1.807) is 12.1 Å². The fourth-order valence-corrected chi connectivity index (χ4v) is 3.23. The number of nitrogens with one attached hydrogen (secondary N) is 1. The molecule has 1 atom stereocenters. The number of rotatable bonds is 3. The van der Waals surface area contributed by atoms with Gasteiger partial charge in [0.2, 0.25) is 0 Å². The average molecular weight is 303 g/mol. The summed E-state index contributed by atoms with van der Waals surface area (Å²) in [6.45, 7) is 2.23. The highest BCUT2D eigenvalue weighted by molar-refractivity contribution is 7.21. The minimum absolute atomic E-state index is 0.0811. The molecule has 0 radical (unpaired) electrons. The van der Waals surface area contributed by atoms with Crippen LogP contribution < -0.4 is 11.1 Å². The smallest absolute Gasteiger partial charge is 0.263 e. The lowest BCUT2D eigenvalue weighted by Crippen LogP contribution is -2.37. The predicted molar refractivity (Wildman–Crippen MR) is 77.8 cm³/mol. The number of carbonyl (C=O) groups excluding carboxylic acids is 1. The van der Waals surface area contributed by atoms with E-state index in [0.29, 0.717) is 21.5 Å². The van der Waals surface area contributed by atoms with Crippen LogP contribution in [-0.4, -0.2) is 18.5 Å². The van der Waals surface area contributed by atoms with Gasteiger partial charge in [0.15, 0.2) is 0 Å². The summed E-state index contributed by atoms with van der Waals surface area (Å²) in [7, 11) is 0. The van der Waals surface area contributed by atoms with E-state index in [1.807, 2.05) is 13.0 Å². The number of benzene rings is 1. The summed E-state index contributed by atoms with van der Waals surface area (Å²) in [5.41, 5.74) is 5.47. The van der Waals surface area contributed by atoms with Crippen molar-refractivity contribution in [3.63, 3.8) is 0 Å². The molecule has 1 aromatic carbocycles. The molecule has 3 N–H and O–H groups in total. The summed E-state index contributed by atoms with van der Waals surface area (Å²) < 4.78 is 0.901. The van der Waals surface area contributed by atoms with Gasteiger partial charge in [-0.15, -0.1) is 11.3 Å². The van der Waals surface area contributed by atoms with Crippen LogP contribution in [-0.2, 0) is 0 Å². The van der Waals surface area contributed by atoms with Crippen molar-refractivity contribution in [2.45, 2.75) is 13.0 Å². The molecular weight excluding hydrogens is 291 g/mol. The molecule has 0 aliphatic carbocycles. The second-order valence-corrected chi connectivity index (χ2v) is 5.86. The standard InChI is InChI=1S/C12H12Cl2N2OS/c1-6(5-15)16-12(17)11-10(14)8-3-2-7(13)4-9(8)18-11/h2-4,6H,5,15H2,1H3,(H,16,17)/t6-/m0/s1. The van der Waals surface area contributed by atoms with Gasteiger partial charge >= 0.3 is 0 Å². The van der Waals surface area contributed by atoms with Crippen molar-refractivity contribution in [3.8, 4) is 0 Å². The number of hydrogen-bond donors (Lipinski definition) is 2. The van der Waals surface area contributed by atoms with Crippen LogP contribution >= 0.6 is 34.5 Å². The van der Waals surface area contributed by atoms with Gasteiger partial charge in [-0.1, -0.05) is 29.3 Å². The topological polar surface area (TPSA) is 55.1 Å². The lowest BCUT2D eigenvalue weighted by molar-refractivity contribution is 0.0945. The molecule has 0 saturated carbocycles. The quantitative estimate of drug-likeness (QED) is 0.914. The zero-order valence-corrected chi connectivity index (χ0v) is 12.0. The van der Waals surface area contributed by atoms with Crippen LogP contribution in [0, 0.1) is 0 Å². The zero-order valence-electron chi connectivity index (χ0n) is 9.67. The molecule has 0 unspecified atom stereocenters. The Hall–Kier alpha value is -0.810. The SMILES string of the molecule is C[C@@H](CN)NC(=O)c1sc2cc(Cl)ccc2c1Cl. The highest BCUT2D eigenvalue weighted by Crippen LogP contribution is 2.36. The fourth-order valence-electron chi connectivity index (χ4n) is 1.53. The van der Waals surface area contributed by atoms with Gasteiger partial charge in [0.1, 0.15) is 4.88 Å². The van der Waals surface area contributed by atoms with Gasteiger partial charge in [0, 0.05) is 27.7 Å². The first-order valence-electron chi connectivity index (χ1n) is 5.41. The van der Waals surface area contributed by atoms with E-state index >= 15 is 0 Å². The Morgan fingerprint density at radius 3 is 2.89 bits per heavy atom. The average Bonchev–Trinajstić information content (AvgIpc) is 2.66. The van der Waals surface area contributed by atoms with Gasteiger partial charge in [-0.2, -0.15) is 0 Å². The molecule has 2 aromatic rings. The Bertz CT molecular complexity index is 597. The van der Waals surface area contributed by atoms with Crippen molar-refractivity contribution in [1.29, 1.82) is 0 Å². The first-order valence-corrected chi connectivity index (χ1v) is 6.98. The van der Waals surface area contributed by atoms with Crippen molar-refractivity contribution in [2.75, 3.05) is 6.54 Å². The van der Waals surface area contributed by atoms with E-state index in [0.717, 1.165) is 10.1 Å². The Morgan fingerprint density at radius 1 is 1.50 bits per heavy atom. The van der Waals surface area contributed by atoms with Crippen molar-refractivity contribution in [2.24, 2.45) is 5.73 Å². The minimum Gasteiger partial charge on any atom is -0.348 e. The third-order valence-electron chi connectivity index (χ3n) is 2.53. The first-order chi connectivity index (χ1) is 8.52. The minimum atomic E-state index is -0.199. The molecule has 0 aliphatic rings. The number of carbonyl (C=O) groups is 1. The number of fused-ring (bicyclic) bond motifs is 1. The van der Waals surface area contributed by atoms with Gasteiger partial charge in [0.05, 0.1) is 5.02 Å². The van der Waals surface area contributed by atoms with Crippen LogP contribution in [0.2, 0.25) is 10.0 Å². The largest absolute Gasteiger partial charge is 0.348 e. The van der Waals surface area contributed by atoms with E-state index in [4.69, 9.17) is 28.9 Å². The summed E-state index contributed by atoms with van der Waals surface area (Å²) in [4.78, 5) is 12.5. The number of hydrogen-bond acceptors (Lipinski definition) is 3. The van der Waals surface area contributed by atoms with Crippen LogP contribution in [0.4, 0.5) is 0 Å². The molecule has 18 heavy (non-hydrogen) atoms. The molecule has 2 rings (SSSR count). The summed E-state index contributed by atoms with van der Waals surface area (Å²) in [6.07, 6.45) is 0. The van der Waals surface area contributed by atoms with E-state index in [-0.39, 0.29) is 11.9 Å². The number of thiophene rings is 1. The molecule has 0 bridgehead atoms. The van der Waals surface area contributed by atoms with Gasteiger partial charge in [-0.25, -0.2) is 0 Å². The van der Waals surface area contributed by atoms with Crippen molar-refractivity contribution in [1.82, 2.24) is 5.32 Å². The third kappa shape index (κ3) is 2.62. The van der Waals surface area contributed by atoms with Gasteiger partial charge < -0.3 is 11.1 Å². The van der Waals surface area contributed by atoms with Gasteiger partial charge in [0.25, 0.3) is 5.91 Å². The Labute approximate surface area is 119 Å². The fraction of sp³-hybridized carbons (Fsp3) is 0.250. The van der Waals surface area contributed by atoms with E-state index in [9.17, 15) is 4.79 Å². The molecule has 0 aliphatic heterocycles. The molecule has 3 nitrogen and oxygen atoms in total. The second kappa shape index (κ2) is 5.45. The van der Waals surface area contributed by atoms with Gasteiger partial charge in [-0.05, 0) is 19.1 Å². The van der Waals surface area contributed by atoms with E-state index < -0.39 is 0 Å². The predicted octanol–water partition coefficient (Wildman–Crippen LogP) is 3.29. The maximum atomic E-state index is 12.0. The molecule has 1 amide bonds. The normalized spacial score (nSPS) is 12.7. The Balaban J connectivity index is 2.39. The Morgan fingerprint density at radius 2 is 2.22 bits per heavy atom. The Kier molecular flexibility index (Phi) is 4.12. The number of halogens is 2. The molecule has 0 fully saturated rings. The number of amides is 1. The second-order valence-electron chi connectivity index (χ2n) is 4.00. The van der Waals surface area contributed by atoms with Crippen molar-refractivity contribution >= 4 is 50.5 Å².